The van der Waals surface area contributed by atoms with Gasteiger partial charge in [0.1, 0.15) is 5.82 Å². The van der Waals surface area contributed by atoms with E-state index in [9.17, 15) is 26.3 Å². The summed E-state index contributed by atoms with van der Waals surface area (Å²) in [5.41, 5.74) is 5.83. The minimum atomic E-state index is -4.97. The number of alkyl halides is 6. The van der Waals surface area contributed by atoms with Crippen LogP contribution in [0, 0.1) is 18.8 Å². The summed E-state index contributed by atoms with van der Waals surface area (Å²) in [6.45, 7) is 3.27. The number of halogens is 6. The number of para-hydroxylation sites is 1. The lowest BCUT2D eigenvalue weighted by Gasteiger charge is -2.30. The first-order valence-electron chi connectivity index (χ1n) is 14.2. The van der Waals surface area contributed by atoms with Crippen molar-refractivity contribution >= 4 is 22.7 Å². The average Bonchev–Trinajstić information content (AvgIpc) is 3.84. The number of hydrogen-bond donors (Lipinski definition) is 2. The van der Waals surface area contributed by atoms with Crippen molar-refractivity contribution in [2.75, 3.05) is 25.0 Å². The van der Waals surface area contributed by atoms with E-state index in [1.54, 1.807) is 0 Å². The average molecular weight is 608 g/mol. The van der Waals surface area contributed by atoms with Gasteiger partial charge in [-0.15, -0.1) is 5.10 Å². The molecule has 232 valence electrons. The van der Waals surface area contributed by atoms with Gasteiger partial charge in [-0.25, -0.2) is 15.9 Å². The maximum Gasteiger partial charge on any atom is 0.416 e. The van der Waals surface area contributed by atoms with Crippen LogP contribution in [0.2, 0.25) is 0 Å². The summed E-state index contributed by atoms with van der Waals surface area (Å²) >= 11 is 0. The van der Waals surface area contributed by atoms with Crippen LogP contribution in [0.5, 0.6) is 0 Å². The van der Waals surface area contributed by atoms with E-state index in [1.807, 2.05) is 31.2 Å². The van der Waals surface area contributed by atoms with Crippen molar-refractivity contribution in [2.24, 2.45) is 28.5 Å². The fraction of sp³-hybridized carbons (Fsp3) is 0.467. The molecule has 0 radical (unpaired) electrons. The summed E-state index contributed by atoms with van der Waals surface area (Å²) in [5.74, 6) is 7.38. The second-order valence-electron chi connectivity index (χ2n) is 11.7. The van der Waals surface area contributed by atoms with Gasteiger partial charge in [-0.1, -0.05) is 18.2 Å². The lowest BCUT2D eigenvalue weighted by molar-refractivity contribution is -0.143. The van der Waals surface area contributed by atoms with E-state index in [0.717, 1.165) is 71.7 Å². The van der Waals surface area contributed by atoms with Gasteiger partial charge >= 0.3 is 12.4 Å². The van der Waals surface area contributed by atoms with Crippen LogP contribution >= 0.6 is 0 Å². The molecule has 1 heterocycles. The first-order chi connectivity index (χ1) is 20.2. The van der Waals surface area contributed by atoms with Crippen molar-refractivity contribution in [1.29, 1.82) is 0 Å². The number of guanidine groups is 1. The normalized spacial score (nSPS) is 16.1. The molecule has 2 fully saturated rings. The van der Waals surface area contributed by atoms with Crippen molar-refractivity contribution in [1.82, 2.24) is 15.0 Å². The van der Waals surface area contributed by atoms with Crippen LogP contribution in [0.25, 0.3) is 10.9 Å². The molecule has 0 bridgehead atoms. The molecule has 2 aliphatic carbocycles. The zero-order chi connectivity index (χ0) is 31.1. The Morgan fingerprint density at radius 3 is 2.00 bits per heavy atom. The molecule has 0 unspecified atom stereocenters. The number of nitrogens with zero attached hydrogens (tertiary/aromatic N) is 5. The number of rotatable bonds is 10. The first kappa shape index (κ1) is 30.7. The third-order valence-electron chi connectivity index (χ3n) is 7.72. The van der Waals surface area contributed by atoms with E-state index in [-0.39, 0.29) is 30.7 Å². The van der Waals surface area contributed by atoms with Gasteiger partial charge in [-0.3, -0.25) is 0 Å². The summed E-state index contributed by atoms with van der Waals surface area (Å²) in [4.78, 5) is 8.80. The molecular formula is C30H35F6N7. The Morgan fingerprint density at radius 2 is 1.49 bits per heavy atom. The maximum absolute atomic E-state index is 13.6. The van der Waals surface area contributed by atoms with Crippen LogP contribution in [-0.2, 0) is 25.4 Å². The van der Waals surface area contributed by atoms with Crippen LogP contribution in [0.15, 0.2) is 47.6 Å². The molecule has 0 amide bonds. The van der Waals surface area contributed by atoms with E-state index in [0.29, 0.717) is 24.0 Å². The number of pyridine rings is 1. The number of aryl methyl sites for hydroxylation is 1. The van der Waals surface area contributed by atoms with Crippen LogP contribution < -0.4 is 16.5 Å². The van der Waals surface area contributed by atoms with Gasteiger partial charge in [0.05, 0.1) is 16.6 Å². The molecule has 0 aliphatic heterocycles. The molecule has 0 spiro atoms. The minimum absolute atomic E-state index is 0.0266. The zero-order valence-corrected chi connectivity index (χ0v) is 24.0. The fourth-order valence-electron chi connectivity index (χ4n) is 5.22. The van der Waals surface area contributed by atoms with Crippen molar-refractivity contribution in [2.45, 2.75) is 58.0 Å². The van der Waals surface area contributed by atoms with E-state index in [4.69, 9.17) is 16.6 Å². The monoisotopic (exact) mass is 607 g/mol. The van der Waals surface area contributed by atoms with Gasteiger partial charge in [0.25, 0.3) is 0 Å². The quantitative estimate of drug-likeness (QED) is 0.0933. The van der Waals surface area contributed by atoms with Gasteiger partial charge < -0.3 is 15.5 Å². The highest BCUT2D eigenvalue weighted by molar-refractivity contribution is 5.85. The smallest absolute Gasteiger partial charge is 0.368 e. The van der Waals surface area contributed by atoms with Gasteiger partial charge in [0.15, 0.2) is 0 Å². The molecule has 13 heteroatoms. The van der Waals surface area contributed by atoms with E-state index >= 15 is 0 Å². The molecule has 2 aromatic carbocycles. The van der Waals surface area contributed by atoms with Crippen molar-refractivity contribution in [3.8, 4) is 0 Å². The number of anilines is 1. The Kier molecular flexibility index (Phi) is 8.39. The van der Waals surface area contributed by atoms with E-state index in [1.165, 1.54) is 11.9 Å². The van der Waals surface area contributed by atoms with Crippen LogP contribution in [0.1, 0.15) is 53.5 Å². The summed E-state index contributed by atoms with van der Waals surface area (Å²) in [5, 5.41) is 5.83. The number of aromatic nitrogens is 1. The van der Waals surface area contributed by atoms with Crippen molar-refractivity contribution in [3.63, 3.8) is 0 Å². The number of hydrazone groups is 1. The summed E-state index contributed by atoms with van der Waals surface area (Å²) in [6, 6.07) is 9.30. The Hall–Kier alpha value is -3.74. The lowest BCUT2D eigenvalue weighted by Crippen LogP contribution is -2.40. The Morgan fingerprint density at radius 1 is 0.907 bits per heavy atom. The fourth-order valence-corrected chi connectivity index (χ4v) is 5.22. The molecule has 0 atom stereocenters. The molecule has 4 N–H and O–H groups in total. The standard InChI is InChI=1S/C30H35F6N7/c1-18-4-3-5-22-12-23(27(39-26(18)22)42(14-19-6-7-19)15-20-8-9-20)17-43(28(37)40-41(2)38)16-21-10-24(29(31,32)33)13-25(11-21)30(34,35)36/h3-5,10-13,19-20H,6-9,14-17,38H2,1-2H3,(H2,37,40). The highest BCUT2D eigenvalue weighted by Gasteiger charge is 2.37. The highest BCUT2D eigenvalue weighted by atomic mass is 19.4. The number of nitrogens with two attached hydrogens (primary N) is 2. The first-order valence-corrected chi connectivity index (χ1v) is 14.2. The molecule has 43 heavy (non-hydrogen) atoms. The summed E-state index contributed by atoms with van der Waals surface area (Å²) < 4.78 is 81.8. The summed E-state index contributed by atoms with van der Waals surface area (Å²) in [6.07, 6.45) is -5.41. The largest absolute Gasteiger partial charge is 0.416 e. The minimum Gasteiger partial charge on any atom is -0.368 e. The van der Waals surface area contributed by atoms with Crippen molar-refractivity contribution < 1.29 is 26.3 Å². The molecule has 1 aromatic heterocycles. The molecule has 2 saturated carbocycles. The maximum atomic E-state index is 13.6. The highest BCUT2D eigenvalue weighted by Crippen LogP contribution is 2.39. The van der Waals surface area contributed by atoms with Crippen LogP contribution in [-0.4, -0.2) is 41.1 Å². The van der Waals surface area contributed by atoms with Crippen LogP contribution in [0.4, 0.5) is 32.2 Å². The molecular weight excluding hydrogens is 572 g/mol. The second-order valence-corrected chi connectivity index (χ2v) is 11.7. The lowest BCUT2D eigenvalue weighted by atomic mass is 10.0. The molecule has 7 nitrogen and oxygen atoms in total. The number of fused-ring (bicyclic) bond motifs is 1. The Labute approximate surface area is 246 Å². The Balaban J connectivity index is 1.59. The van der Waals surface area contributed by atoms with Crippen molar-refractivity contribution in [3.05, 3.63) is 70.3 Å². The van der Waals surface area contributed by atoms with Gasteiger partial charge in [-0.2, -0.15) is 26.3 Å². The topological polar surface area (TPSA) is 87.0 Å². The van der Waals surface area contributed by atoms with Gasteiger partial charge in [0.2, 0.25) is 5.96 Å². The molecule has 3 aromatic rings. The van der Waals surface area contributed by atoms with E-state index < -0.39 is 23.5 Å². The van der Waals surface area contributed by atoms with E-state index in [2.05, 4.69) is 10.0 Å². The molecule has 0 saturated heterocycles. The van der Waals surface area contributed by atoms with Gasteiger partial charge in [0, 0.05) is 44.2 Å². The predicted octanol–water partition coefficient (Wildman–Crippen LogP) is 6.24. The Bertz CT molecular complexity index is 1450. The predicted molar refractivity (Wildman–Crippen MR) is 153 cm³/mol. The number of benzene rings is 2. The second kappa shape index (κ2) is 11.7. The SMILES string of the molecule is Cc1cccc2cc(CN(Cc3cc(C(F)(F)F)cc(C(F)(F)F)c3)/C(N)=N/N(C)N)c(N(CC3CC3)CC3CC3)nc12. The summed E-state index contributed by atoms with van der Waals surface area (Å²) in [7, 11) is 1.41. The molecule has 5 rings (SSSR count). The van der Waals surface area contributed by atoms with Crippen LogP contribution in [0.3, 0.4) is 0 Å². The number of hydrogen-bond acceptors (Lipinski definition) is 5. The molecule has 2 aliphatic rings. The number of hydrazine groups is 1. The zero-order valence-electron chi connectivity index (χ0n) is 24.0. The third-order valence-corrected chi connectivity index (χ3v) is 7.72. The van der Waals surface area contributed by atoms with Gasteiger partial charge in [-0.05, 0) is 79.8 Å². The third kappa shape index (κ3) is 7.81.